The number of aryl methyl sites for hydroxylation is 1. The van der Waals surface area contributed by atoms with Crippen molar-refractivity contribution in [3.05, 3.63) is 103 Å². The van der Waals surface area contributed by atoms with E-state index in [0.29, 0.717) is 16.3 Å². The summed E-state index contributed by atoms with van der Waals surface area (Å²) in [7, 11) is -3.88. The predicted octanol–water partition coefficient (Wildman–Crippen LogP) is 5.13. The van der Waals surface area contributed by atoms with Gasteiger partial charge in [-0.25, -0.2) is 8.42 Å². The van der Waals surface area contributed by atoms with Gasteiger partial charge in [-0.15, -0.1) is 26.8 Å². The van der Waals surface area contributed by atoms with E-state index in [1.54, 1.807) is 36.2 Å². The number of H-pyrrole nitrogens is 1. The number of rotatable bonds is 10. The van der Waals surface area contributed by atoms with E-state index < -0.39 is 10.0 Å². The van der Waals surface area contributed by atoms with Crippen LogP contribution in [0.4, 0.5) is 5.82 Å². The molecule has 0 saturated heterocycles. The molecule has 0 aliphatic carbocycles. The lowest BCUT2D eigenvalue weighted by Crippen LogP contribution is -2.14. The van der Waals surface area contributed by atoms with Crippen molar-refractivity contribution in [3.8, 4) is 16.9 Å². The lowest BCUT2D eigenvalue weighted by atomic mass is 10.1. The van der Waals surface area contributed by atoms with Crippen molar-refractivity contribution < 1.29 is 8.42 Å². The zero-order valence-electron chi connectivity index (χ0n) is 21.2. The summed E-state index contributed by atoms with van der Waals surface area (Å²) in [5.74, 6) is 1.05. The van der Waals surface area contributed by atoms with Crippen LogP contribution in [0.2, 0.25) is 0 Å². The second kappa shape index (κ2) is 11.3. The molecule has 3 aromatic heterocycles. The number of pyridine rings is 1. The van der Waals surface area contributed by atoms with Crippen LogP contribution in [0.15, 0.2) is 107 Å². The monoisotopic (exact) mass is 568 g/mol. The number of thioether (sulfide) groups is 1. The standard InChI is InChI=1S/C28H24N8O2S2/c37-40(38,24-14-13-21-9-1-2-10-22(21)18-24)34-27-26(25-12-3-4-15-29-25)28(33-32-27)39-16-6-8-20-7-5-11-23(17-20)36-31-19-30-35-36/h1-5,7,9-15,17-19H,6,8,16H2,(H2,32,33,34). The zero-order valence-corrected chi connectivity index (χ0v) is 22.8. The first-order valence-electron chi connectivity index (χ1n) is 12.5. The van der Waals surface area contributed by atoms with Gasteiger partial charge in [-0.05, 0) is 76.5 Å². The van der Waals surface area contributed by atoms with Crippen LogP contribution in [0.1, 0.15) is 12.0 Å². The Morgan fingerprint density at radius 3 is 2.62 bits per heavy atom. The smallest absolute Gasteiger partial charge is 0.263 e. The van der Waals surface area contributed by atoms with Crippen LogP contribution < -0.4 is 4.72 Å². The van der Waals surface area contributed by atoms with Gasteiger partial charge in [0.2, 0.25) is 0 Å². The van der Waals surface area contributed by atoms with Gasteiger partial charge in [0.1, 0.15) is 10.8 Å². The molecule has 0 amide bonds. The highest BCUT2D eigenvalue weighted by Gasteiger charge is 2.22. The highest BCUT2D eigenvalue weighted by atomic mass is 32.2. The number of hydrogen-bond donors (Lipinski definition) is 2. The Hall–Kier alpha value is -4.55. The van der Waals surface area contributed by atoms with Crippen LogP contribution >= 0.6 is 11.8 Å². The van der Waals surface area contributed by atoms with E-state index in [9.17, 15) is 8.42 Å². The van der Waals surface area contributed by atoms with Gasteiger partial charge in [-0.1, -0.05) is 48.5 Å². The summed E-state index contributed by atoms with van der Waals surface area (Å²) in [4.78, 5) is 6.13. The van der Waals surface area contributed by atoms with Crippen molar-refractivity contribution in [2.45, 2.75) is 22.8 Å². The third-order valence-electron chi connectivity index (χ3n) is 6.26. The molecule has 0 unspecified atom stereocenters. The van der Waals surface area contributed by atoms with Crippen molar-refractivity contribution in [2.75, 3.05) is 10.5 Å². The third-order valence-corrected chi connectivity index (χ3v) is 8.67. The van der Waals surface area contributed by atoms with Gasteiger partial charge in [-0.3, -0.25) is 14.8 Å². The Bertz CT molecular complexity index is 1860. The number of aromatic nitrogens is 7. The highest BCUT2D eigenvalue weighted by Crippen LogP contribution is 2.36. The number of nitrogens with zero attached hydrogens (tertiary/aromatic N) is 6. The maximum Gasteiger partial charge on any atom is 0.263 e. The lowest BCUT2D eigenvalue weighted by Gasteiger charge is -2.10. The number of aromatic amines is 1. The van der Waals surface area contributed by atoms with E-state index in [1.807, 2.05) is 60.7 Å². The largest absolute Gasteiger partial charge is 0.263 e. The Morgan fingerprint density at radius 1 is 0.925 bits per heavy atom. The molecule has 200 valence electrons. The molecule has 0 radical (unpaired) electrons. The number of anilines is 1. The molecule has 6 aromatic rings. The summed E-state index contributed by atoms with van der Waals surface area (Å²) in [6.45, 7) is 0. The van der Waals surface area contributed by atoms with Crippen LogP contribution in [0.5, 0.6) is 0 Å². The molecule has 0 aliphatic rings. The highest BCUT2D eigenvalue weighted by molar-refractivity contribution is 7.99. The van der Waals surface area contributed by atoms with Crippen molar-refractivity contribution in [1.29, 1.82) is 0 Å². The second-order valence-electron chi connectivity index (χ2n) is 8.96. The van der Waals surface area contributed by atoms with Gasteiger partial charge in [-0.2, -0.15) is 5.10 Å². The van der Waals surface area contributed by atoms with Crippen LogP contribution in [0.3, 0.4) is 0 Å². The minimum Gasteiger partial charge on any atom is -0.263 e. The molecule has 0 fully saturated rings. The molecule has 40 heavy (non-hydrogen) atoms. The summed E-state index contributed by atoms with van der Waals surface area (Å²) in [5.41, 5.74) is 3.26. The molecular formula is C28H24N8O2S2. The molecule has 0 spiro atoms. The summed E-state index contributed by atoms with van der Waals surface area (Å²) < 4.78 is 29.4. The fraction of sp³-hybridized carbons (Fsp3) is 0.107. The summed E-state index contributed by atoms with van der Waals surface area (Å²) in [6.07, 6.45) is 4.81. The molecule has 12 heteroatoms. The van der Waals surface area contributed by atoms with Crippen molar-refractivity contribution in [2.24, 2.45) is 0 Å². The molecule has 3 aromatic carbocycles. The molecule has 0 saturated carbocycles. The predicted molar refractivity (Wildman–Crippen MR) is 155 cm³/mol. The topological polar surface area (TPSA) is 131 Å². The molecular weight excluding hydrogens is 544 g/mol. The minimum atomic E-state index is -3.88. The Labute approximate surface area is 234 Å². The van der Waals surface area contributed by atoms with E-state index in [1.165, 1.54) is 11.1 Å². The Morgan fingerprint density at radius 2 is 1.80 bits per heavy atom. The average molecular weight is 569 g/mol. The Kier molecular flexibility index (Phi) is 7.25. The van der Waals surface area contributed by atoms with Gasteiger partial charge in [0.25, 0.3) is 10.0 Å². The van der Waals surface area contributed by atoms with Gasteiger partial charge >= 0.3 is 0 Å². The maximum atomic E-state index is 13.4. The van der Waals surface area contributed by atoms with Crippen molar-refractivity contribution >= 4 is 38.4 Å². The first kappa shape index (κ1) is 25.7. The third kappa shape index (κ3) is 5.58. The summed E-state index contributed by atoms with van der Waals surface area (Å²) in [6, 6.07) is 26.2. The zero-order chi connectivity index (χ0) is 27.4. The number of hydrogen-bond acceptors (Lipinski definition) is 8. The van der Waals surface area contributed by atoms with Gasteiger partial charge in [0.15, 0.2) is 6.33 Å². The number of tetrazole rings is 1. The van der Waals surface area contributed by atoms with Crippen LogP contribution in [0.25, 0.3) is 27.7 Å². The molecule has 2 N–H and O–H groups in total. The van der Waals surface area contributed by atoms with Gasteiger partial charge < -0.3 is 0 Å². The van der Waals surface area contributed by atoms with E-state index in [4.69, 9.17) is 0 Å². The lowest BCUT2D eigenvalue weighted by molar-refractivity contribution is 0.601. The average Bonchev–Trinajstić information content (AvgIpc) is 3.66. The molecule has 0 bridgehead atoms. The van der Waals surface area contributed by atoms with Crippen LogP contribution in [-0.4, -0.2) is 49.6 Å². The van der Waals surface area contributed by atoms with Crippen LogP contribution in [-0.2, 0) is 16.4 Å². The SMILES string of the molecule is O=S(=O)(Nc1[nH]nc(SCCCc2cccc(-n3ncnn3)c2)c1-c1ccccn1)c1ccc2ccccc2c1. The molecule has 3 heterocycles. The first-order chi connectivity index (χ1) is 19.6. The molecule has 10 nitrogen and oxygen atoms in total. The molecule has 0 atom stereocenters. The van der Waals surface area contributed by atoms with Gasteiger partial charge in [0.05, 0.1) is 21.8 Å². The summed E-state index contributed by atoms with van der Waals surface area (Å²) >= 11 is 1.55. The fourth-order valence-electron chi connectivity index (χ4n) is 4.35. The Balaban J connectivity index is 1.20. The number of benzene rings is 3. The minimum absolute atomic E-state index is 0.172. The van der Waals surface area contributed by atoms with E-state index in [-0.39, 0.29) is 10.7 Å². The maximum absolute atomic E-state index is 13.4. The van der Waals surface area contributed by atoms with Crippen molar-refractivity contribution in [3.63, 3.8) is 0 Å². The number of nitrogens with one attached hydrogen (secondary N) is 2. The second-order valence-corrected chi connectivity index (χ2v) is 11.7. The first-order valence-corrected chi connectivity index (χ1v) is 15.0. The molecule has 0 aliphatic heterocycles. The molecule has 6 rings (SSSR count). The fourth-order valence-corrected chi connectivity index (χ4v) is 6.35. The van der Waals surface area contributed by atoms with E-state index in [0.717, 1.165) is 40.6 Å². The number of sulfonamides is 1. The normalized spacial score (nSPS) is 11.6. The van der Waals surface area contributed by atoms with Gasteiger partial charge in [0, 0.05) is 6.20 Å². The van der Waals surface area contributed by atoms with E-state index in [2.05, 4.69) is 41.4 Å². The summed E-state index contributed by atoms with van der Waals surface area (Å²) in [5, 5.41) is 21.6. The number of fused-ring (bicyclic) bond motifs is 1. The quantitative estimate of drug-likeness (QED) is 0.172. The van der Waals surface area contributed by atoms with Crippen LogP contribution in [0, 0.1) is 0 Å². The van der Waals surface area contributed by atoms with Crippen molar-refractivity contribution in [1.82, 2.24) is 35.4 Å². The van der Waals surface area contributed by atoms with E-state index >= 15 is 0 Å².